The Morgan fingerprint density at radius 1 is 0.891 bits per heavy atom. The van der Waals surface area contributed by atoms with E-state index in [0.717, 1.165) is 19.9 Å². The predicted molar refractivity (Wildman–Crippen MR) is 186 cm³/mol. The van der Waals surface area contributed by atoms with Gasteiger partial charge in [0.2, 0.25) is 11.8 Å². The zero-order valence-corrected chi connectivity index (χ0v) is 28.9. The third-order valence-corrected chi connectivity index (χ3v) is 9.71. The Kier molecular flexibility index (Phi) is 12.7. The predicted octanol–water partition coefficient (Wildman–Crippen LogP) is 6.86. The summed E-state index contributed by atoms with van der Waals surface area (Å²) in [5.74, 6) is -0.297. The third-order valence-electron chi connectivity index (χ3n) is 7.18. The summed E-state index contributed by atoms with van der Waals surface area (Å²) in [6, 6.07) is 28.3. The molecule has 0 saturated carbocycles. The Balaban J connectivity index is 1.79. The Hall–Kier alpha value is -3.86. The summed E-state index contributed by atoms with van der Waals surface area (Å²) >= 11 is 9.56. The summed E-state index contributed by atoms with van der Waals surface area (Å²) in [5.41, 5.74) is 1.91. The van der Waals surface area contributed by atoms with Crippen molar-refractivity contribution in [3.05, 3.63) is 124 Å². The van der Waals surface area contributed by atoms with Crippen LogP contribution in [0.4, 0.5) is 5.69 Å². The van der Waals surface area contributed by atoms with Crippen molar-refractivity contribution in [2.24, 2.45) is 0 Å². The largest absolute Gasteiger partial charge is 0.494 e. The van der Waals surface area contributed by atoms with E-state index in [1.807, 2.05) is 68.4 Å². The lowest BCUT2D eigenvalue weighted by molar-refractivity contribution is -0.140. The molecule has 0 unspecified atom stereocenters. The highest BCUT2D eigenvalue weighted by molar-refractivity contribution is 9.10. The molecule has 0 aliphatic rings. The second-order valence-electron chi connectivity index (χ2n) is 10.5. The van der Waals surface area contributed by atoms with E-state index in [9.17, 15) is 18.0 Å². The summed E-state index contributed by atoms with van der Waals surface area (Å²) in [6.45, 7) is 4.20. The van der Waals surface area contributed by atoms with Gasteiger partial charge in [-0.15, -0.1) is 0 Å². The third kappa shape index (κ3) is 9.34. The van der Waals surface area contributed by atoms with Gasteiger partial charge in [-0.25, -0.2) is 8.42 Å². The lowest BCUT2D eigenvalue weighted by atomic mass is 10.0. The molecule has 0 radical (unpaired) electrons. The Morgan fingerprint density at radius 3 is 2.20 bits per heavy atom. The minimum Gasteiger partial charge on any atom is -0.494 e. The number of nitrogens with one attached hydrogen (secondary N) is 1. The summed E-state index contributed by atoms with van der Waals surface area (Å²) < 4.78 is 35.7. The van der Waals surface area contributed by atoms with Gasteiger partial charge in [-0.1, -0.05) is 76.9 Å². The molecule has 0 aliphatic heterocycles. The molecule has 1 N–H and O–H groups in total. The van der Waals surface area contributed by atoms with E-state index in [1.54, 1.807) is 24.3 Å². The van der Waals surface area contributed by atoms with Crippen LogP contribution in [0.15, 0.2) is 112 Å². The minimum atomic E-state index is -4.24. The second-order valence-corrected chi connectivity index (χ2v) is 13.8. The van der Waals surface area contributed by atoms with E-state index in [-0.39, 0.29) is 29.5 Å². The first-order valence-electron chi connectivity index (χ1n) is 15.0. The van der Waals surface area contributed by atoms with Crippen molar-refractivity contribution in [3.8, 4) is 5.75 Å². The highest BCUT2D eigenvalue weighted by atomic mass is 79.9. The number of carbonyl (C=O) groups excluding carboxylic acids is 2. The highest BCUT2D eigenvalue weighted by Crippen LogP contribution is 2.28. The van der Waals surface area contributed by atoms with Gasteiger partial charge in [0.25, 0.3) is 10.0 Å². The van der Waals surface area contributed by atoms with Crippen molar-refractivity contribution < 1.29 is 22.7 Å². The molecular formula is C35H37BrClN3O5S. The van der Waals surface area contributed by atoms with Gasteiger partial charge in [-0.2, -0.15) is 0 Å². The number of ether oxygens (including phenoxy) is 1. The molecule has 0 aromatic heterocycles. The number of amides is 2. The van der Waals surface area contributed by atoms with Gasteiger partial charge in [-0.3, -0.25) is 13.9 Å². The highest BCUT2D eigenvalue weighted by Gasteiger charge is 2.34. The smallest absolute Gasteiger partial charge is 0.264 e. The maximum atomic E-state index is 14.5. The first kappa shape index (κ1) is 35.0. The zero-order chi connectivity index (χ0) is 33.1. The van der Waals surface area contributed by atoms with E-state index in [1.165, 1.54) is 29.2 Å². The SMILES string of the molecule is CCCNC(=O)[C@@H](Cc1ccccc1)N(Cc1cccc(Br)c1)C(=O)CN(c1ccc(OCC)cc1)S(=O)(=O)c1ccc(Cl)cc1. The van der Waals surface area contributed by atoms with E-state index in [0.29, 0.717) is 30.3 Å². The standard InChI is InChI=1S/C35H37BrClN3O5S/c1-3-21-38-35(42)33(23-26-9-6-5-7-10-26)39(24-27-11-8-12-28(36)22-27)34(41)25-40(30-15-17-31(18-16-30)45-4-2)46(43,44)32-19-13-29(37)14-20-32/h5-20,22,33H,3-4,21,23-25H2,1-2H3,(H,38,42)/t33-/m1/s1. The fourth-order valence-electron chi connectivity index (χ4n) is 4.89. The first-order chi connectivity index (χ1) is 22.1. The lowest BCUT2D eigenvalue weighted by Gasteiger charge is -2.34. The van der Waals surface area contributed by atoms with E-state index >= 15 is 0 Å². The number of anilines is 1. The van der Waals surface area contributed by atoms with Crippen molar-refractivity contribution in [3.63, 3.8) is 0 Å². The number of carbonyl (C=O) groups is 2. The monoisotopic (exact) mass is 725 g/mol. The molecule has 11 heteroatoms. The van der Waals surface area contributed by atoms with Crippen LogP contribution in [0.5, 0.6) is 5.75 Å². The molecule has 4 rings (SSSR count). The van der Waals surface area contributed by atoms with Crippen LogP contribution in [0.1, 0.15) is 31.4 Å². The van der Waals surface area contributed by atoms with Crippen molar-refractivity contribution in [2.75, 3.05) is 24.0 Å². The molecule has 0 saturated heterocycles. The second kappa shape index (κ2) is 16.6. The van der Waals surface area contributed by atoms with Crippen LogP contribution in [0.25, 0.3) is 0 Å². The molecule has 0 heterocycles. The van der Waals surface area contributed by atoms with E-state index in [4.69, 9.17) is 16.3 Å². The molecule has 46 heavy (non-hydrogen) atoms. The lowest BCUT2D eigenvalue weighted by Crippen LogP contribution is -2.53. The number of nitrogens with zero attached hydrogens (tertiary/aromatic N) is 2. The van der Waals surface area contributed by atoms with Gasteiger partial charge >= 0.3 is 0 Å². The number of halogens is 2. The average Bonchev–Trinajstić information content (AvgIpc) is 3.05. The molecule has 4 aromatic carbocycles. The summed E-state index contributed by atoms with van der Waals surface area (Å²) in [7, 11) is -4.24. The van der Waals surface area contributed by atoms with Crippen molar-refractivity contribution in [1.29, 1.82) is 0 Å². The van der Waals surface area contributed by atoms with Crippen LogP contribution in [-0.2, 0) is 32.6 Å². The average molecular weight is 727 g/mol. The fraction of sp³-hybridized carbons (Fsp3) is 0.257. The maximum Gasteiger partial charge on any atom is 0.264 e. The molecule has 0 bridgehead atoms. The van der Waals surface area contributed by atoms with Gasteiger partial charge in [0.1, 0.15) is 18.3 Å². The quantitative estimate of drug-likeness (QED) is 0.145. The van der Waals surface area contributed by atoms with Crippen LogP contribution < -0.4 is 14.4 Å². The topological polar surface area (TPSA) is 96.0 Å². The summed E-state index contributed by atoms with van der Waals surface area (Å²) in [6.07, 6.45) is 0.956. The van der Waals surface area contributed by atoms with Gasteiger partial charge in [0.15, 0.2) is 0 Å². The summed E-state index contributed by atoms with van der Waals surface area (Å²) in [4.78, 5) is 29.7. The first-order valence-corrected chi connectivity index (χ1v) is 17.6. The molecular weight excluding hydrogens is 690 g/mol. The van der Waals surface area contributed by atoms with Gasteiger partial charge in [0.05, 0.1) is 17.2 Å². The van der Waals surface area contributed by atoms with Crippen LogP contribution in [-0.4, -0.2) is 50.9 Å². The van der Waals surface area contributed by atoms with Crippen molar-refractivity contribution in [1.82, 2.24) is 10.2 Å². The maximum absolute atomic E-state index is 14.5. The van der Waals surface area contributed by atoms with Gasteiger partial charge in [-0.05, 0) is 85.1 Å². The molecule has 8 nitrogen and oxygen atoms in total. The molecule has 4 aromatic rings. The zero-order valence-electron chi connectivity index (χ0n) is 25.7. The minimum absolute atomic E-state index is 0.0290. The molecule has 242 valence electrons. The van der Waals surface area contributed by atoms with Crippen molar-refractivity contribution >= 4 is 55.1 Å². The van der Waals surface area contributed by atoms with Gasteiger partial charge < -0.3 is 15.0 Å². The summed E-state index contributed by atoms with van der Waals surface area (Å²) in [5, 5.41) is 3.33. The number of hydrogen-bond acceptors (Lipinski definition) is 5. The number of sulfonamides is 1. The van der Waals surface area contributed by atoms with Crippen LogP contribution in [0.2, 0.25) is 5.02 Å². The molecule has 1 atom stereocenters. The molecule has 0 spiro atoms. The van der Waals surface area contributed by atoms with E-state index in [2.05, 4.69) is 21.2 Å². The Labute approximate surface area is 284 Å². The van der Waals surface area contributed by atoms with Crippen LogP contribution >= 0.6 is 27.5 Å². The van der Waals surface area contributed by atoms with Crippen LogP contribution in [0, 0.1) is 0 Å². The number of rotatable bonds is 15. The van der Waals surface area contributed by atoms with Crippen molar-refractivity contribution in [2.45, 2.75) is 44.2 Å². The fourth-order valence-corrected chi connectivity index (χ4v) is 6.88. The van der Waals surface area contributed by atoms with E-state index < -0.39 is 28.5 Å². The molecule has 0 aliphatic carbocycles. The number of hydrogen-bond donors (Lipinski definition) is 1. The Morgan fingerprint density at radius 2 is 1.57 bits per heavy atom. The van der Waals surface area contributed by atoms with Gasteiger partial charge in [0, 0.05) is 29.0 Å². The number of benzene rings is 4. The normalized spacial score (nSPS) is 11.8. The van der Waals surface area contributed by atoms with Crippen LogP contribution in [0.3, 0.4) is 0 Å². The molecule has 0 fully saturated rings. The Bertz CT molecular complexity index is 1700. The molecule has 2 amide bonds.